The highest BCUT2D eigenvalue weighted by molar-refractivity contribution is 7.92. The summed E-state index contributed by atoms with van der Waals surface area (Å²) < 4.78 is 37.4. The molecule has 2 atom stereocenters. The number of fused-ring (bicyclic) bond motifs is 1. The Kier molecular flexibility index (Phi) is 9.82. The Morgan fingerprint density at radius 1 is 1.03 bits per heavy atom. The molecule has 38 heavy (non-hydrogen) atoms. The zero-order chi connectivity index (χ0) is 28.0. The highest BCUT2D eigenvalue weighted by atomic mass is 32.2. The van der Waals surface area contributed by atoms with Gasteiger partial charge in [0, 0.05) is 13.1 Å². The second-order valence-electron chi connectivity index (χ2n) is 9.46. The number of carbonyl (C=O) groups is 4. The van der Waals surface area contributed by atoms with Crippen molar-refractivity contribution in [2.24, 2.45) is 16.8 Å². The number of sulfone groups is 1. The topological polar surface area (TPSA) is 141 Å². The minimum Gasteiger partial charge on any atom is -0.465 e. The first-order valence-corrected chi connectivity index (χ1v) is 15.1. The van der Waals surface area contributed by atoms with Crippen molar-refractivity contribution in [3.05, 3.63) is 28.6 Å². The summed E-state index contributed by atoms with van der Waals surface area (Å²) in [6, 6.07) is 4.68. The number of piperidine rings is 1. The Hall–Kier alpha value is -3.06. The number of thiazole rings is 1. The van der Waals surface area contributed by atoms with Crippen LogP contribution in [0.25, 0.3) is 10.2 Å². The molecule has 208 valence electrons. The van der Waals surface area contributed by atoms with E-state index < -0.39 is 45.1 Å². The minimum atomic E-state index is -4.08. The molecule has 0 bridgehead atoms. The zero-order valence-corrected chi connectivity index (χ0v) is 23.6. The van der Waals surface area contributed by atoms with Gasteiger partial charge in [-0.05, 0) is 50.3 Å². The summed E-state index contributed by atoms with van der Waals surface area (Å²) in [7, 11) is -4.08. The minimum absolute atomic E-state index is 0.0688. The zero-order valence-electron chi connectivity index (χ0n) is 22.0. The SMILES string of the molecule is CCOC(=O)Cn1c(=NC(=O)CS(=O)(=O)CC(=O)N2CC(C)CC(C)C2)sc2cc(C(=O)OCC)ccc21. The smallest absolute Gasteiger partial charge is 0.338 e. The van der Waals surface area contributed by atoms with E-state index >= 15 is 0 Å². The average Bonchev–Trinajstić information content (AvgIpc) is 3.13. The van der Waals surface area contributed by atoms with Gasteiger partial charge in [0.15, 0.2) is 14.6 Å². The number of rotatable bonds is 9. The number of likely N-dealkylation sites (tertiary alicyclic amines) is 1. The summed E-state index contributed by atoms with van der Waals surface area (Å²) in [5, 5.41) is 0. The van der Waals surface area contributed by atoms with Gasteiger partial charge in [-0.2, -0.15) is 4.99 Å². The Balaban J connectivity index is 1.87. The lowest BCUT2D eigenvalue weighted by Gasteiger charge is -2.34. The molecule has 1 aliphatic heterocycles. The van der Waals surface area contributed by atoms with Crippen LogP contribution >= 0.6 is 11.3 Å². The summed E-state index contributed by atoms with van der Waals surface area (Å²) in [5.41, 5.74) is 0.790. The van der Waals surface area contributed by atoms with Crippen molar-refractivity contribution in [2.75, 3.05) is 37.8 Å². The molecule has 1 fully saturated rings. The molecular formula is C25H33N3O8S2. The monoisotopic (exact) mass is 567 g/mol. The van der Waals surface area contributed by atoms with Crippen LogP contribution < -0.4 is 4.80 Å². The largest absolute Gasteiger partial charge is 0.465 e. The molecule has 2 aromatic rings. The molecule has 0 radical (unpaired) electrons. The van der Waals surface area contributed by atoms with E-state index in [2.05, 4.69) is 4.99 Å². The van der Waals surface area contributed by atoms with Gasteiger partial charge in [-0.15, -0.1) is 0 Å². The average molecular weight is 568 g/mol. The molecule has 1 aromatic carbocycles. The van der Waals surface area contributed by atoms with Gasteiger partial charge < -0.3 is 18.9 Å². The molecule has 1 aliphatic rings. The van der Waals surface area contributed by atoms with Gasteiger partial charge in [0.25, 0.3) is 5.91 Å². The van der Waals surface area contributed by atoms with Crippen LogP contribution in [-0.4, -0.2) is 79.4 Å². The third kappa shape index (κ3) is 7.73. The standard InChI is InChI=1S/C25H33N3O8S2/c1-5-35-23(31)13-28-19-8-7-18(24(32)36-6-2)10-20(19)37-25(28)26-21(29)14-38(33,34)15-22(30)27-11-16(3)9-17(4)12-27/h7-8,10,16-17H,5-6,9,11-15H2,1-4H3. The normalized spacial score (nSPS) is 18.4. The third-order valence-corrected chi connectivity index (χ3v) is 8.33. The van der Waals surface area contributed by atoms with Crippen molar-refractivity contribution >= 4 is 55.1 Å². The van der Waals surface area contributed by atoms with Gasteiger partial charge in [0.2, 0.25) is 5.91 Å². The Morgan fingerprint density at radius 3 is 2.32 bits per heavy atom. The first-order valence-electron chi connectivity index (χ1n) is 12.4. The van der Waals surface area contributed by atoms with E-state index in [4.69, 9.17) is 9.47 Å². The van der Waals surface area contributed by atoms with Crippen molar-refractivity contribution in [3.8, 4) is 0 Å². The van der Waals surface area contributed by atoms with E-state index in [-0.39, 0.29) is 42.0 Å². The fourth-order valence-electron chi connectivity index (χ4n) is 4.51. The van der Waals surface area contributed by atoms with Crippen LogP contribution in [0.3, 0.4) is 0 Å². The van der Waals surface area contributed by atoms with Gasteiger partial charge in [0.05, 0.1) is 29.0 Å². The lowest BCUT2D eigenvalue weighted by atomic mass is 9.92. The lowest BCUT2D eigenvalue weighted by Crippen LogP contribution is -2.45. The quantitative estimate of drug-likeness (QED) is 0.418. The molecule has 11 nitrogen and oxygen atoms in total. The van der Waals surface area contributed by atoms with E-state index in [0.717, 1.165) is 17.8 Å². The van der Waals surface area contributed by atoms with E-state index in [1.54, 1.807) is 30.9 Å². The summed E-state index contributed by atoms with van der Waals surface area (Å²) >= 11 is 1.01. The maximum absolute atomic E-state index is 12.7. The molecule has 0 aliphatic carbocycles. The van der Waals surface area contributed by atoms with E-state index in [0.29, 0.717) is 23.3 Å². The van der Waals surface area contributed by atoms with Gasteiger partial charge >= 0.3 is 11.9 Å². The van der Waals surface area contributed by atoms with Gasteiger partial charge in [-0.3, -0.25) is 14.4 Å². The number of hydrogen-bond donors (Lipinski definition) is 0. The van der Waals surface area contributed by atoms with Crippen LogP contribution in [0.2, 0.25) is 0 Å². The second kappa shape index (κ2) is 12.7. The van der Waals surface area contributed by atoms with Crippen LogP contribution in [-0.2, 0) is 40.2 Å². The van der Waals surface area contributed by atoms with Crippen molar-refractivity contribution in [1.29, 1.82) is 0 Å². The highest BCUT2D eigenvalue weighted by Gasteiger charge is 2.29. The molecule has 1 saturated heterocycles. The van der Waals surface area contributed by atoms with Gasteiger partial charge in [-0.25, -0.2) is 13.2 Å². The number of ether oxygens (including phenoxy) is 2. The second-order valence-corrected chi connectivity index (χ2v) is 12.5. The number of carbonyl (C=O) groups excluding carboxylic acids is 4. The molecule has 2 amide bonds. The number of esters is 2. The van der Waals surface area contributed by atoms with Crippen LogP contribution in [0.15, 0.2) is 23.2 Å². The fraction of sp³-hybridized carbons (Fsp3) is 0.560. The Morgan fingerprint density at radius 2 is 1.68 bits per heavy atom. The van der Waals surface area contributed by atoms with E-state index in [1.165, 1.54) is 10.6 Å². The summed E-state index contributed by atoms with van der Waals surface area (Å²) in [5.74, 6) is -3.76. The number of aromatic nitrogens is 1. The van der Waals surface area contributed by atoms with Crippen molar-refractivity contribution in [1.82, 2.24) is 9.47 Å². The van der Waals surface area contributed by atoms with Crippen LogP contribution in [0.1, 0.15) is 44.5 Å². The molecule has 2 heterocycles. The molecule has 1 aromatic heterocycles. The predicted molar refractivity (Wildman–Crippen MR) is 141 cm³/mol. The lowest BCUT2D eigenvalue weighted by molar-refractivity contribution is -0.143. The summed E-state index contributed by atoms with van der Waals surface area (Å²) in [6.07, 6.45) is 0.968. The molecule has 3 rings (SSSR count). The van der Waals surface area contributed by atoms with Crippen LogP contribution in [0, 0.1) is 11.8 Å². The molecule has 13 heteroatoms. The van der Waals surface area contributed by atoms with Crippen LogP contribution in [0.5, 0.6) is 0 Å². The molecule has 2 unspecified atom stereocenters. The van der Waals surface area contributed by atoms with Gasteiger partial charge in [0.1, 0.15) is 18.1 Å². The fourth-order valence-corrected chi connectivity index (χ4v) is 6.70. The Labute approximate surface area is 225 Å². The highest BCUT2D eigenvalue weighted by Crippen LogP contribution is 2.22. The van der Waals surface area contributed by atoms with Crippen molar-refractivity contribution < 1.29 is 37.1 Å². The van der Waals surface area contributed by atoms with Crippen LogP contribution in [0.4, 0.5) is 0 Å². The van der Waals surface area contributed by atoms with Crippen molar-refractivity contribution in [3.63, 3.8) is 0 Å². The van der Waals surface area contributed by atoms with Crippen molar-refractivity contribution in [2.45, 2.75) is 40.7 Å². The third-order valence-electron chi connectivity index (χ3n) is 5.92. The number of nitrogens with zero attached hydrogens (tertiary/aromatic N) is 3. The molecular weight excluding hydrogens is 534 g/mol. The predicted octanol–water partition coefficient (Wildman–Crippen LogP) is 1.79. The first kappa shape index (κ1) is 29.5. The molecule has 0 saturated carbocycles. The number of benzene rings is 1. The van der Waals surface area contributed by atoms with E-state index in [1.807, 2.05) is 13.8 Å². The summed E-state index contributed by atoms with van der Waals surface area (Å²) in [6.45, 7) is 8.43. The van der Waals surface area contributed by atoms with E-state index in [9.17, 15) is 27.6 Å². The Bertz CT molecular complexity index is 1380. The molecule has 0 spiro atoms. The molecule has 0 N–H and O–H groups in total. The maximum atomic E-state index is 12.7. The number of hydrogen-bond acceptors (Lipinski definition) is 9. The van der Waals surface area contributed by atoms with Gasteiger partial charge in [-0.1, -0.05) is 25.2 Å². The number of amides is 2. The maximum Gasteiger partial charge on any atom is 0.338 e. The first-order chi connectivity index (χ1) is 17.9. The summed E-state index contributed by atoms with van der Waals surface area (Å²) in [4.78, 5) is 55.3.